The lowest BCUT2D eigenvalue weighted by molar-refractivity contribution is -0.145. The summed E-state index contributed by atoms with van der Waals surface area (Å²) < 4.78 is 65.1. The zero-order chi connectivity index (χ0) is 36.1. The van der Waals surface area contributed by atoms with Crippen molar-refractivity contribution in [2.75, 3.05) is 157 Å². The maximum atomic E-state index is 11.8. The highest BCUT2D eigenvalue weighted by atomic mass is 79.9. The van der Waals surface area contributed by atoms with Crippen molar-refractivity contribution in [2.45, 2.75) is 71.1 Å². The first-order valence-electron chi connectivity index (χ1n) is 18.9. The van der Waals surface area contributed by atoms with Gasteiger partial charge in [-0.15, -0.1) is 0 Å². The predicted molar refractivity (Wildman–Crippen MR) is 196 cm³/mol. The van der Waals surface area contributed by atoms with Crippen LogP contribution >= 0.6 is 15.9 Å². The molecule has 300 valence electrons. The van der Waals surface area contributed by atoms with Crippen LogP contribution in [0.1, 0.15) is 71.1 Å². The summed E-state index contributed by atoms with van der Waals surface area (Å²) in [6, 6.07) is 0. The molecule has 0 aliphatic carbocycles. The highest BCUT2D eigenvalue weighted by Crippen LogP contribution is 2.10. The first-order chi connectivity index (χ1) is 24.8. The molecule has 0 aromatic rings. The predicted octanol–water partition coefficient (Wildman–Crippen LogP) is 5.03. The molecule has 0 saturated carbocycles. The van der Waals surface area contributed by atoms with Gasteiger partial charge in [-0.25, -0.2) is 0 Å². The molecule has 14 heteroatoms. The van der Waals surface area contributed by atoms with E-state index in [9.17, 15) is 4.79 Å². The lowest BCUT2D eigenvalue weighted by Gasteiger charge is -2.09. The number of esters is 1. The Morgan fingerprint density at radius 3 is 0.860 bits per heavy atom. The van der Waals surface area contributed by atoms with Crippen molar-refractivity contribution >= 4 is 21.9 Å². The minimum Gasteiger partial charge on any atom is -0.463 e. The third-order valence-corrected chi connectivity index (χ3v) is 7.24. The van der Waals surface area contributed by atoms with Crippen molar-refractivity contribution in [2.24, 2.45) is 0 Å². The van der Waals surface area contributed by atoms with Crippen LogP contribution in [0.5, 0.6) is 0 Å². The molecule has 0 aliphatic heterocycles. The van der Waals surface area contributed by atoms with Gasteiger partial charge in [0.15, 0.2) is 0 Å². The summed E-state index contributed by atoms with van der Waals surface area (Å²) in [4.78, 5) is 11.8. The minimum absolute atomic E-state index is 0.136. The SMILES string of the molecule is CCCCCCCCCCCC(=O)OCCOCCOCCOCCOCCOCCOCCOCCOCCOCCOCCOCCBr. The first kappa shape index (κ1) is 49.5. The average Bonchev–Trinajstić information content (AvgIpc) is 3.12. The van der Waals surface area contributed by atoms with Gasteiger partial charge in [-0.05, 0) is 6.42 Å². The van der Waals surface area contributed by atoms with Crippen molar-refractivity contribution < 1.29 is 61.6 Å². The van der Waals surface area contributed by atoms with E-state index in [-0.39, 0.29) is 12.6 Å². The van der Waals surface area contributed by atoms with Crippen LogP contribution in [0.25, 0.3) is 0 Å². The number of rotatable bonds is 45. The third kappa shape index (κ3) is 45.5. The fourth-order valence-electron chi connectivity index (χ4n) is 4.22. The van der Waals surface area contributed by atoms with Gasteiger partial charge in [-0.3, -0.25) is 4.79 Å². The van der Waals surface area contributed by atoms with Gasteiger partial charge < -0.3 is 56.8 Å². The largest absolute Gasteiger partial charge is 0.463 e. The minimum atomic E-state index is -0.136. The summed E-state index contributed by atoms with van der Waals surface area (Å²) in [6.45, 7) is 13.9. The molecule has 0 heterocycles. The first-order valence-corrected chi connectivity index (χ1v) is 20.0. The fourth-order valence-corrected chi connectivity index (χ4v) is 4.45. The topological polar surface area (TPSA) is 128 Å². The molecular formula is C36H71BrO13. The average molecular weight is 792 g/mol. The van der Waals surface area contributed by atoms with E-state index in [4.69, 9.17) is 56.8 Å². The number of alkyl halides is 1. The van der Waals surface area contributed by atoms with E-state index < -0.39 is 0 Å². The van der Waals surface area contributed by atoms with E-state index in [0.717, 1.165) is 18.2 Å². The Bertz CT molecular complexity index is 637. The monoisotopic (exact) mass is 790 g/mol. The molecule has 0 saturated heterocycles. The van der Waals surface area contributed by atoms with E-state index in [0.29, 0.717) is 152 Å². The number of hydrogen-bond donors (Lipinski definition) is 0. The Morgan fingerprint density at radius 2 is 0.580 bits per heavy atom. The van der Waals surface area contributed by atoms with Crippen LogP contribution in [-0.4, -0.2) is 163 Å². The molecule has 0 bridgehead atoms. The molecule has 0 spiro atoms. The van der Waals surface area contributed by atoms with E-state index >= 15 is 0 Å². The van der Waals surface area contributed by atoms with Crippen LogP contribution < -0.4 is 0 Å². The van der Waals surface area contributed by atoms with Gasteiger partial charge in [0.25, 0.3) is 0 Å². The maximum absolute atomic E-state index is 11.8. The van der Waals surface area contributed by atoms with E-state index in [1.807, 2.05) is 0 Å². The number of halogens is 1. The Labute approximate surface area is 311 Å². The van der Waals surface area contributed by atoms with Gasteiger partial charge in [0.1, 0.15) is 6.61 Å². The summed E-state index contributed by atoms with van der Waals surface area (Å²) in [5, 5.41) is 0.836. The Kier molecular flexibility index (Phi) is 46.1. The molecule has 13 nitrogen and oxygen atoms in total. The molecule has 50 heavy (non-hydrogen) atoms. The smallest absolute Gasteiger partial charge is 0.305 e. The molecule has 0 rings (SSSR count). The van der Waals surface area contributed by atoms with Crippen LogP contribution in [0.15, 0.2) is 0 Å². The van der Waals surface area contributed by atoms with Crippen LogP contribution in [0.4, 0.5) is 0 Å². The quantitative estimate of drug-likeness (QED) is 0.0466. The van der Waals surface area contributed by atoms with Crippen molar-refractivity contribution in [1.29, 1.82) is 0 Å². The standard InChI is InChI=1S/C36H71BrO13/c1-2-3-4-5-6-7-8-9-10-11-36(38)50-35-34-49-33-32-48-31-30-47-29-28-46-27-26-45-25-24-44-23-22-43-21-20-42-19-18-41-17-16-40-15-14-39-13-12-37/h2-35H2,1H3. The molecule has 0 N–H and O–H groups in total. The van der Waals surface area contributed by atoms with Crippen LogP contribution in [-0.2, 0) is 61.6 Å². The summed E-state index contributed by atoms with van der Waals surface area (Å²) in [5.74, 6) is -0.136. The van der Waals surface area contributed by atoms with E-state index in [1.54, 1.807) is 0 Å². The second-order valence-corrected chi connectivity index (χ2v) is 12.0. The maximum Gasteiger partial charge on any atom is 0.305 e. The van der Waals surface area contributed by atoms with Gasteiger partial charge in [0.2, 0.25) is 0 Å². The van der Waals surface area contributed by atoms with Crippen molar-refractivity contribution in [3.63, 3.8) is 0 Å². The van der Waals surface area contributed by atoms with Gasteiger partial charge in [-0.2, -0.15) is 0 Å². The Morgan fingerprint density at radius 1 is 0.340 bits per heavy atom. The molecule has 0 atom stereocenters. The Hall–Kier alpha value is -0.490. The lowest BCUT2D eigenvalue weighted by atomic mass is 10.1. The lowest BCUT2D eigenvalue weighted by Crippen LogP contribution is -2.15. The highest BCUT2D eigenvalue weighted by Gasteiger charge is 2.03. The summed E-state index contributed by atoms with van der Waals surface area (Å²) in [7, 11) is 0. The van der Waals surface area contributed by atoms with E-state index in [2.05, 4.69) is 22.9 Å². The molecule has 0 aromatic heterocycles. The van der Waals surface area contributed by atoms with Gasteiger partial charge in [0, 0.05) is 11.8 Å². The zero-order valence-corrected chi connectivity index (χ0v) is 32.8. The number of hydrogen-bond acceptors (Lipinski definition) is 13. The number of ether oxygens (including phenoxy) is 12. The second-order valence-electron chi connectivity index (χ2n) is 11.2. The molecular weight excluding hydrogens is 720 g/mol. The van der Waals surface area contributed by atoms with Gasteiger partial charge in [-0.1, -0.05) is 74.2 Å². The number of carbonyl (C=O) groups is 1. The molecule has 0 amide bonds. The van der Waals surface area contributed by atoms with Gasteiger partial charge in [0.05, 0.1) is 145 Å². The molecule has 0 radical (unpaired) electrons. The summed E-state index contributed by atoms with van der Waals surface area (Å²) in [6.07, 6.45) is 11.6. The molecule has 0 unspecified atom stereocenters. The molecule has 0 aromatic carbocycles. The van der Waals surface area contributed by atoms with Crippen molar-refractivity contribution in [1.82, 2.24) is 0 Å². The zero-order valence-electron chi connectivity index (χ0n) is 31.2. The normalized spacial score (nSPS) is 11.5. The molecule has 0 fully saturated rings. The summed E-state index contributed by atoms with van der Waals surface area (Å²) >= 11 is 3.30. The molecule has 0 aliphatic rings. The summed E-state index contributed by atoms with van der Waals surface area (Å²) in [5.41, 5.74) is 0. The third-order valence-electron chi connectivity index (χ3n) is 6.92. The van der Waals surface area contributed by atoms with Gasteiger partial charge >= 0.3 is 5.97 Å². The highest BCUT2D eigenvalue weighted by molar-refractivity contribution is 9.09. The van der Waals surface area contributed by atoms with Crippen LogP contribution in [0, 0.1) is 0 Å². The number of carbonyl (C=O) groups excluding carboxylic acids is 1. The second kappa shape index (κ2) is 46.5. The fraction of sp³-hybridized carbons (Fsp3) is 0.972. The van der Waals surface area contributed by atoms with Crippen molar-refractivity contribution in [3.05, 3.63) is 0 Å². The Balaban J connectivity index is 3.10. The van der Waals surface area contributed by atoms with Crippen molar-refractivity contribution in [3.8, 4) is 0 Å². The van der Waals surface area contributed by atoms with Crippen LogP contribution in [0.2, 0.25) is 0 Å². The number of unbranched alkanes of at least 4 members (excludes halogenated alkanes) is 8. The van der Waals surface area contributed by atoms with Crippen LogP contribution in [0.3, 0.4) is 0 Å². The van der Waals surface area contributed by atoms with E-state index in [1.165, 1.54) is 44.9 Å².